The first-order valence-electron chi connectivity index (χ1n) is 6.41. The fourth-order valence-corrected chi connectivity index (χ4v) is 3.57. The van der Waals surface area contributed by atoms with E-state index in [1.165, 1.54) is 0 Å². The number of rotatable bonds is 4. The van der Waals surface area contributed by atoms with E-state index in [1.807, 2.05) is 26.0 Å². The molecule has 0 aromatic heterocycles. The minimum atomic E-state index is -3.48. The van der Waals surface area contributed by atoms with Gasteiger partial charge >= 0.3 is 0 Å². The van der Waals surface area contributed by atoms with E-state index < -0.39 is 10.0 Å². The van der Waals surface area contributed by atoms with Crippen LogP contribution in [0.4, 0.5) is 0 Å². The molecule has 19 heavy (non-hydrogen) atoms. The molecule has 0 heterocycles. The summed E-state index contributed by atoms with van der Waals surface area (Å²) in [6, 6.07) is 3.90. The summed E-state index contributed by atoms with van der Waals surface area (Å²) in [7, 11) is -3.48. The van der Waals surface area contributed by atoms with Gasteiger partial charge in [-0.05, 0) is 36.0 Å². The summed E-state index contributed by atoms with van der Waals surface area (Å²) in [6.45, 7) is 10.5. The zero-order chi connectivity index (χ0) is 14.8. The zero-order valence-corrected chi connectivity index (χ0v) is 13.2. The van der Waals surface area contributed by atoms with Crippen LogP contribution in [0.2, 0.25) is 0 Å². The standard InChI is InChI=1S/C14H24N2O2S/c1-10-8-12(14(3,4)5)9-11(2)13(10)19(17,18)16-7-6-15/h8-9,16H,6-7,15H2,1-5H3. The van der Waals surface area contributed by atoms with Crippen molar-refractivity contribution in [2.24, 2.45) is 5.73 Å². The number of sulfonamides is 1. The molecule has 0 aliphatic heterocycles. The second kappa shape index (κ2) is 5.61. The molecular weight excluding hydrogens is 260 g/mol. The molecule has 1 aromatic carbocycles. The maximum absolute atomic E-state index is 12.2. The summed E-state index contributed by atoms with van der Waals surface area (Å²) in [5, 5.41) is 0. The van der Waals surface area contributed by atoms with Crippen molar-refractivity contribution in [2.45, 2.75) is 44.9 Å². The van der Waals surface area contributed by atoms with E-state index in [2.05, 4.69) is 25.5 Å². The van der Waals surface area contributed by atoms with E-state index in [0.29, 0.717) is 4.90 Å². The Hall–Kier alpha value is -0.910. The average Bonchev–Trinajstić information content (AvgIpc) is 2.23. The highest BCUT2D eigenvalue weighted by Gasteiger charge is 2.22. The van der Waals surface area contributed by atoms with Gasteiger partial charge in [-0.2, -0.15) is 0 Å². The molecule has 0 fully saturated rings. The van der Waals surface area contributed by atoms with E-state index in [1.54, 1.807) is 0 Å². The highest BCUT2D eigenvalue weighted by atomic mass is 32.2. The largest absolute Gasteiger partial charge is 0.329 e. The van der Waals surface area contributed by atoms with Crippen LogP contribution in [-0.4, -0.2) is 21.5 Å². The monoisotopic (exact) mass is 284 g/mol. The SMILES string of the molecule is Cc1cc(C(C)(C)C)cc(C)c1S(=O)(=O)NCCN. The molecule has 0 radical (unpaired) electrons. The lowest BCUT2D eigenvalue weighted by Crippen LogP contribution is -2.30. The fraction of sp³-hybridized carbons (Fsp3) is 0.571. The number of aryl methyl sites for hydroxylation is 2. The van der Waals surface area contributed by atoms with E-state index in [9.17, 15) is 8.42 Å². The summed E-state index contributed by atoms with van der Waals surface area (Å²) in [4.78, 5) is 0.369. The molecule has 0 aliphatic rings. The van der Waals surface area contributed by atoms with Crippen LogP contribution in [0.25, 0.3) is 0 Å². The van der Waals surface area contributed by atoms with Crippen LogP contribution >= 0.6 is 0 Å². The van der Waals surface area contributed by atoms with E-state index in [-0.39, 0.29) is 18.5 Å². The third kappa shape index (κ3) is 3.78. The third-order valence-corrected chi connectivity index (χ3v) is 4.80. The first kappa shape index (κ1) is 16.1. The molecule has 4 nitrogen and oxygen atoms in total. The minimum absolute atomic E-state index is 0.00248. The highest BCUT2D eigenvalue weighted by molar-refractivity contribution is 7.89. The number of benzene rings is 1. The van der Waals surface area contributed by atoms with Crippen molar-refractivity contribution in [1.29, 1.82) is 0 Å². The van der Waals surface area contributed by atoms with E-state index in [4.69, 9.17) is 5.73 Å². The Morgan fingerprint density at radius 2 is 1.63 bits per heavy atom. The molecular formula is C14H24N2O2S. The van der Waals surface area contributed by atoms with E-state index in [0.717, 1.165) is 16.7 Å². The molecule has 108 valence electrons. The maximum Gasteiger partial charge on any atom is 0.241 e. The summed E-state index contributed by atoms with van der Waals surface area (Å²) in [5.74, 6) is 0. The van der Waals surface area contributed by atoms with Gasteiger partial charge in [0.15, 0.2) is 0 Å². The highest BCUT2D eigenvalue weighted by Crippen LogP contribution is 2.28. The van der Waals surface area contributed by atoms with Gasteiger partial charge in [0.05, 0.1) is 4.90 Å². The number of hydrogen-bond donors (Lipinski definition) is 2. The first-order chi connectivity index (χ1) is 8.59. The molecule has 0 spiro atoms. The minimum Gasteiger partial charge on any atom is -0.329 e. The van der Waals surface area contributed by atoms with Crippen molar-refractivity contribution >= 4 is 10.0 Å². The van der Waals surface area contributed by atoms with Gasteiger partial charge in [-0.1, -0.05) is 32.9 Å². The van der Waals surface area contributed by atoms with Crippen LogP contribution in [0.5, 0.6) is 0 Å². The quantitative estimate of drug-likeness (QED) is 0.886. The Kier molecular flexibility index (Phi) is 4.76. The summed E-state index contributed by atoms with van der Waals surface area (Å²) < 4.78 is 27.0. The van der Waals surface area contributed by atoms with Gasteiger partial charge in [0.1, 0.15) is 0 Å². The smallest absolute Gasteiger partial charge is 0.241 e. The number of hydrogen-bond acceptors (Lipinski definition) is 3. The topological polar surface area (TPSA) is 72.2 Å². The summed E-state index contributed by atoms with van der Waals surface area (Å²) in [5.41, 5.74) is 8.03. The summed E-state index contributed by atoms with van der Waals surface area (Å²) in [6.07, 6.45) is 0. The van der Waals surface area contributed by atoms with Gasteiger partial charge in [0.2, 0.25) is 10.0 Å². The van der Waals surface area contributed by atoms with Crippen LogP contribution in [0.1, 0.15) is 37.5 Å². The van der Waals surface area contributed by atoms with Gasteiger partial charge in [-0.15, -0.1) is 0 Å². The number of nitrogens with one attached hydrogen (secondary N) is 1. The van der Waals surface area contributed by atoms with Crippen molar-refractivity contribution in [3.8, 4) is 0 Å². The zero-order valence-electron chi connectivity index (χ0n) is 12.4. The fourth-order valence-electron chi connectivity index (χ4n) is 2.07. The lowest BCUT2D eigenvalue weighted by molar-refractivity contribution is 0.576. The van der Waals surface area contributed by atoms with Crippen LogP contribution < -0.4 is 10.5 Å². The molecule has 0 aliphatic carbocycles. The Morgan fingerprint density at radius 1 is 1.16 bits per heavy atom. The van der Waals surface area contributed by atoms with Crippen molar-refractivity contribution in [1.82, 2.24) is 4.72 Å². The lowest BCUT2D eigenvalue weighted by atomic mass is 9.85. The molecule has 0 atom stereocenters. The Bertz CT molecular complexity index is 534. The molecule has 0 bridgehead atoms. The second-order valence-corrected chi connectivity index (χ2v) is 7.58. The van der Waals surface area contributed by atoms with Gasteiger partial charge < -0.3 is 5.73 Å². The predicted molar refractivity (Wildman–Crippen MR) is 78.9 cm³/mol. The lowest BCUT2D eigenvalue weighted by Gasteiger charge is -2.22. The second-order valence-electron chi connectivity index (χ2n) is 5.88. The number of nitrogens with two attached hydrogens (primary N) is 1. The Morgan fingerprint density at radius 3 is 2.00 bits per heavy atom. The van der Waals surface area contributed by atoms with E-state index >= 15 is 0 Å². The molecule has 0 amide bonds. The van der Waals surface area contributed by atoms with Crippen molar-refractivity contribution in [2.75, 3.05) is 13.1 Å². The maximum atomic E-state index is 12.2. The molecule has 1 aromatic rings. The third-order valence-electron chi connectivity index (χ3n) is 3.03. The summed E-state index contributed by atoms with van der Waals surface area (Å²) >= 11 is 0. The van der Waals surface area contributed by atoms with Crippen molar-refractivity contribution in [3.05, 3.63) is 28.8 Å². The molecule has 0 unspecified atom stereocenters. The molecule has 5 heteroatoms. The van der Waals surface area contributed by atoms with Gasteiger partial charge in [0, 0.05) is 13.1 Å². The molecule has 1 rings (SSSR count). The Balaban J connectivity index is 3.33. The first-order valence-corrected chi connectivity index (χ1v) is 7.89. The molecule has 3 N–H and O–H groups in total. The molecule has 0 saturated carbocycles. The van der Waals surface area contributed by atoms with Crippen molar-refractivity contribution < 1.29 is 8.42 Å². The average molecular weight is 284 g/mol. The van der Waals surface area contributed by atoms with Gasteiger partial charge in [0.25, 0.3) is 0 Å². The normalized spacial score (nSPS) is 12.7. The van der Waals surface area contributed by atoms with Crippen LogP contribution in [0.15, 0.2) is 17.0 Å². The van der Waals surface area contributed by atoms with Crippen LogP contribution in [0, 0.1) is 13.8 Å². The van der Waals surface area contributed by atoms with Gasteiger partial charge in [-0.3, -0.25) is 0 Å². The van der Waals surface area contributed by atoms with Crippen LogP contribution in [-0.2, 0) is 15.4 Å². The Labute approximate surface area is 116 Å². The van der Waals surface area contributed by atoms with Crippen molar-refractivity contribution in [3.63, 3.8) is 0 Å². The van der Waals surface area contributed by atoms with Crippen LogP contribution in [0.3, 0.4) is 0 Å². The molecule has 0 saturated heterocycles. The predicted octanol–water partition coefficient (Wildman–Crippen LogP) is 1.84. The van der Waals surface area contributed by atoms with Gasteiger partial charge in [-0.25, -0.2) is 13.1 Å².